The maximum absolute atomic E-state index is 5.64. The Labute approximate surface area is 92.5 Å². The molecule has 2 rings (SSSR count). The van der Waals surface area contributed by atoms with E-state index < -0.39 is 0 Å². The lowest BCUT2D eigenvalue weighted by Crippen LogP contribution is -1.99. The molecular weight excluding hydrogens is 184 g/mol. The Morgan fingerprint density at radius 1 is 1.20 bits per heavy atom. The zero-order chi connectivity index (χ0) is 10.6. The van der Waals surface area contributed by atoms with Gasteiger partial charge in [0.05, 0.1) is 6.61 Å². The maximum atomic E-state index is 5.64. The molecule has 0 saturated heterocycles. The Bertz CT molecular complexity index is 287. The van der Waals surface area contributed by atoms with Crippen molar-refractivity contribution < 1.29 is 4.74 Å². The van der Waals surface area contributed by atoms with Gasteiger partial charge in [-0.2, -0.15) is 0 Å². The molecule has 0 aromatic heterocycles. The Balaban J connectivity index is 1.55. The summed E-state index contributed by atoms with van der Waals surface area (Å²) in [4.78, 5) is 0. The fourth-order valence-electron chi connectivity index (χ4n) is 1.83. The van der Waals surface area contributed by atoms with Gasteiger partial charge in [-0.15, -0.1) is 0 Å². The molecule has 15 heavy (non-hydrogen) atoms. The minimum atomic E-state index is 0.677. The first-order valence-electron chi connectivity index (χ1n) is 5.90. The minimum Gasteiger partial charge on any atom is -0.377 e. The summed E-state index contributed by atoms with van der Waals surface area (Å²) in [7, 11) is 0. The van der Waals surface area contributed by atoms with Gasteiger partial charge < -0.3 is 4.74 Å². The molecule has 0 amide bonds. The summed E-state index contributed by atoms with van der Waals surface area (Å²) in [6.07, 6.45) is 5.39. The van der Waals surface area contributed by atoms with Crippen molar-refractivity contribution in [1.82, 2.24) is 0 Å². The lowest BCUT2D eigenvalue weighted by Gasteiger charge is -2.08. The summed E-state index contributed by atoms with van der Waals surface area (Å²) in [5.41, 5.74) is 1.95. The highest BCUT2D eigenvalue weighted by molar-refractivity contribution is 5.13. The van der Waals surface area contributed by atoms with Crippen LogP contribution in [0.4, 0.5) is 0 Å². The number of rotatable bonds is 6. The summed E-state index contributed by atoms with van der Waals surface area (Å²) in [5, 5.41) is 0. The van der Waals surface area contributed by atoms with Gasteiger partial charge in [-0.3, -0.25) is 0 Å². The molecule has 1 nitrogen and oxygen atoms in total. The van der Waals surface area contributed by atoms with Crippen LogP contribution in [0.2, 0.25) is 0 Å². The summed E-state index contributed by atoms with van der Waals surface area (Å²) < 4.78 is 5.64. The van der Waals surface area contributed by atoms with Crippen LogP contribution in [0.25, 0.3) is 0 Å². The highest BCUT2D eigenvalue weighted by Crippen LogP contribution is 2.48. The minimum absolute atomic E-state index is 0.677. The van der Waals surface area contributed by atoms with Gasteiger partial charge in [0, 0.05) is 6.61 Å². The Kier molecular flexibility index (Phi) is 3.42. The van der Waals surface area contributed by atoms with Crippen LogP contribution < -0.4 is 0 Å². The van der Waals surface area contributed by atoms with E-state index in [0.29, 0.717) is 5.41 Å². The fourth-order valence-corrected chi connectivity index (χ4v) is 1.83. The largest absolute Gasteiger partial charge is 0.377 e. The molecule has 1 aromatic carbocycles. The van der Waals surface area contributed by atoms with Crippen LogP contribution in [-0.4, -0.2) is 6.61 Å². The van der Waals surface area contributed by atoms with Crippen molar-refractivity contribution in [2.24, 2.45) is 5.41 Å². The van der Waals surface area contributed by atoms with Crippen molar-refractivity contribution in [3.8, 4) is 0 Å². The third-order valence-corrected chi connectivity index (χ3v) is 3.28. The normalized spacial score (nSPS) is 17.7. The average Bonchev–Trinajstić information content (AvgIpc) is 2.98. The molecule has 1 heteroatoms. The molecular formula is C14H20O. The van der Waals surface area contributed by atoms with Crippen LogP contribution in [0.3, 0.4) is 0 Å². The topological polar surface area (TPSA) is 9.23 Å². The van der Waals surface area contributed by atoms with Crippen LogP contribution >= 0.6 is 0 Å². The van der Waals surface area contributed by atoms with Crippen LogP contribution in [0, 0.1) is 5.41 Å². The smallest absolute Gasteiger partial charge is 0.0716 e. The molecule has 1 aliphatic carbocycles. The van der Waals surface area contributed by atoms with Crippen molar-refractivity contribution in [2.45, 2.75) is 39.2 Å². The van der Waals surface area contributed by atoms with Gasteiger partial charge in [0.15, 0.2) is 0 Å². The lowest BCUT2D eigenvalue weighted by atomic mass is 10.0. The molecule has 0 radical (unpaired) electrons. The maximum Gasteiger partial charge on any atom is 0.0716 e. The van der Waals surface area contributed by atoms with Crippen LogP contribution in [0.1, 0.15) is 38.2 Å². The highest BCUT2D eigenvalue weighted by atomic mass is 16.5. The van der Waals surface area contributed by atoms with Crippen molar-refractivity contribution in [3.05, 3.63) is 35.9 Å². The standard InChI is InChI=1S/C14H20O/c1-14(9-10-14)8-5-11-15-12-13-6-3-2-4-7-13/h2-4,6-7H,5,8-12H2,1H3. The number of hydrogen-bond acceptors (Lipinski definition) is 1. The van der Waals surface area contributed by atoms with E-state index in [9.17, 15) is 0 Å². The first kappa shape index (κ1) is 10.7. The van der Waals surface area contributed by atoms with Gasteiger partial charge >= 0.3 is 0 Å². The number of ether oxygens (including phenoxy) is 1. The monoisotopic (exact) mass is 204 g/mol. The second-order valence-corrected chi connectivity index (χ2v) is 4.95. The molecule has 1 saturated carbocycles. The van der Waals surface area contributed by atoms with E-state index in [1.54, 1.807) is 0 Å². The van der Waals surface area contributed by atoms with Crippen molar-refractivity contribution in [1.29, 1.82) is 0 Å². The molecule has 0 spiro atoms. The zero-order valence-electron chi connectivity index (χ0n) is 9.54. The first-order chi connectivity index (χ1) is 7.29. The Morgan fingerprint density at radius 3 is 2.60 bits per heavy atom. The quantitative estimate of drug-likeness (QED) is 0.641. The second-order valence-electron chi connectivity index (χ2n) is 4.95. The Hall–Kier alpha value is -0.820. The number of benzene rings is 1. The van der Waals surface area contributed by atoms with E-state index in [1.165, 1.54) is 31.2 Å². The van der Waals surface area contributed by atoms with E-state index in [4.69, 9.17) is 4.74 Å². The van der Waals surface area contributed by atoms with Crippen molar-refractivity contribution in [2.75, 3.05) is 6.61 Å². The van der Waals surface area contributed by atoms with Gasteiger partial charge in [-0.1, -0.05) is 37.3 Å². The van der Waals surface area contributed by atoms with Gasteiger partial charge in [0.1, 0.15) is 0 Å². The molecule has 0 unspecified atom stereocenters. The van der Waals surface area contributed by atoms with Gasteiger partial charge in [0.2, 0.25) is 0 Å². The number of hydrogen-bond donors (Lipinski definition) is 0. The Morgan fingerprint density at radius 2 is 1.93 bits per heavy atom. The van der Waals surface area contributed by atoms with Crippen molar-refractivity contribution in [3.63, 3.8) is 0 Å². The van der Waals surface area contributed by atoms with Crippen molar-refractivity contribution >= 4 is 0 Å². The highest BCUT2D eigenvalue weighted by Gasteiger charge is 2.35. The van der Waals surface area contributed by atoms with Crippen LogP contribution in [0.15, 0.2) is 30.3 Å². The van der Waals surface area contributed by atoms with E-state index in [0.717, 1.165) is 13.2 Å². The van der Waals surface area contributed by atoms with E-state index >= 15 is 0 Å². The molecule has 1 aliphatic rings. The molecule has 0 bridgehead atoms. The average molecular weight is 204 g/mol. The molecule has 0 N–H and O–H groups in total. The summed E-state index contributed by atoms with van der Waals surface area (Å²) in [5.74, 6) is 0. The summed E-state index contributed by atoms with van der Waals surface area (Å²) in [6, 6.07) is 10.4. The van der Waals surface area contributed by atoms with Gasteiger partial charge in [-0.05, 0) is 36.7 Å². The third-order valence-electron chi connectivity index (χ3n) is 3.28. The zero-order valence-corrected chi connectivity index (χ0v) is 9.54. The lowest BCUT2D eigenvalue weighted by molar-refractivity contribution is 0.113. The van der Waals surface area contributed by atoms with E-state index in [2.05, 4.69) is 31.2 Å². The molecule has 0 aliphatic heterocycles. The molecule has 82 valence electrons. The van der Waals surface area contributed by atoms with Crippen LogP contribution in [0.5, 0.6) is 0 Å². The van der Waals surface area contributed by atoms with E-state index in [1.807, 2.05) is 6.07 Å². The first-order valence-corrected chi connectivity index (χ1v) is 5.90. The molecule has 1 fully saturated rings. The molecule has 1 aromatic rings. The van der Waals surface area contributed by atoms with Gasteiger partial charge in [-0.25, -0.2) is 0 Å². The fraction of sp³-hybridized carbons (Fsp3) is 0.571. The predicted molar refractivity (Wildman–Crippen MR) is 62.7 cm³/mol. The predicted octanol–water partition coefficient (Wildman–Crippen LogP) is 3.78. The third kappa shape index (κ3) is 3.67. The summed E-state index contributed by atoms with van der Waals surface area (Å²) in [6.45, 7) is 4.05. The molecule has 0 heterocycles. The molecule has 0 atom stereocenters. The van der Waals surface area contributed by atoms with Gasteiger partial charge in [0.25, 0.3) is 0 Å². The SMILES string of the molecule is CC1(CCCOCc2ccccc2)CC1. The van der Waals surface area contributed by atoms with Crippen LogP contribution in [-0.2, 0) is 11.3 Å². The van der Waals surface area contributed by atoms with E-state index in [-0.39, 0.29) is 0 Å². The summed E-state index contributed by atoms with van der Waals surface area (Å²) >= 11 is 0. The second kappa shape index (κ2) is 4.80.